The Morgan fingerprint density at radius 3 is 1.89 bits per heavy atom. The number of hydrogen-bond acceptors (Lipinski definition) is 4. The molecule has 4 heteroatoms. The monoisotopic (exact) mass is 378 g/mol. The van der Waals surface area contributed by atoms with E-state index in [0.29, 0.717) is 0 Å². The zero-order valence-electron chi connectivity index (χ0n) is 16.9. The van der Waals surface area contributed by atoms with Crippen LogP contribution in [0.5, 0.6) is 0 Å². The maximum atomic E-state index is 4.02. The van der Waals surface area contributed by atoms with Gasteiger partial charge in [-0.1, -0.05) is 60.7 Å². The fourth-order valence-corrected chi connectivity index (χ4v) is 4.69. The van der Waals surface area contributed by atoms with Crippen LogP contribution in [-0.4, -0.2) is 68.7 Å². The van der Waals surface area contributed by atoms with Crippen molar-refractivity contribution in [1.29, 1.82) is 0 Å². The standard InChI is InChI=1S/C24H34N4/c1-3-8-22(9-4-1)24(23-10-5-2-6-11-23)12-17-28-18-14-25-13-7-16-27(20-21-28)19-15-26-24/h1-6,8-11,25-26H,7,12-21H2. The molecule has 2 atom stereocenters. The first kappa shape index (κ1) is 19.6. The first-order valence-electron chi connectivity index (χ1n) is 10.9. The fraction of sp³-hybridized carbons (Fsp3) is 0.500. The van der Waals surface area contributed by atoms with Crippen LogP contribution in [0, 0.1) is 0 Å². The van der Waals surface area contributed by atoms with Gasteiger partial charge in [-0.05, 0) is 37.1 Å². The van der Waals surface area contributed by atoms with Crippen LogP contribution < -0.4 is 10.6 Å². The normalized spacial score (nSPS) is 26.4. The molecular weight excluding hydrogens is 344 g/mol. The van der Waals surface area contributed by atoms with Crippen LogP contribution in [-0.2, 0) is 5.54 Å². The lowest BCUT2D eigenvalue weighted by Crippen LogP contribution is -2.52. The molecule has 2 heterocycles. The Bertz CT molecular complexity index is 664. The Balaban J connectivity index is 1.68. The Morgan fingerprint density at radius 1 is 0.607 bits per heavy atom. The van der Waals surface area contributed by atoms with Crippen LogP contribution in [0.2, 0.25) is 0 Å². The van der Waals surface area contributed by atoms with E-state index in [4.69, 9.17) is 0 Å². The van der Waals surface area contributed by atoms with Crippen LogP contribution >= 0.6 is 0 Å². The molecule has 4 nitrogen and oxygen atoms in total. The van der Waals surface area contributed by atoms with Crippen molar-refractivity contribution in [2.45, 2.75) is 18.4 Å². The summed E-state index contributed by atoms with van der Waals surface area (Å²) in [6.45, 7) is 10.1. The molecule has 2 aliphatic rings. The Labute approximate surface area is 169 Å². The molecule has 2 bridgehead atoms. The molecule has 2 saturated heterocycles. The van der Waals surface area contributed by atoms with Crippen LogP contribution in [0.1, 0.15) is 24.0 Å². The Kier molecular flexibility index (Phi) is 6.76. The smallest absolute Gasteiger partial charge is 0.0703 e. The fourth-order valence-electron chi connectivity index (χ4n) is 4.69. The molecule has 2 unspecified atom stereocenters. The summed E-state index contributed by atoms with van der Waals surface area (Å²) in [5.74, 6) is 0. The zero-order chi connectivity index (χ0) is 19.1. The van der Waals surface area contributed by atoms with E-state index in [9.17, 15) is 0 Å². The van der Waals surface area contributed by atoms with Crippen molar-refractivity contribution >= 4 is 0 Å². The van der Waals surface area contributed by atoms with E-state index in [1.54, 1.807) is 0 Å². The molecule has 150 valence electrons. The Hall–Kier alpha value is -1.72. The molecule has 2 N–H and O–H groups in total. The van der Waals surface area contributed by atoms with Gasteiger partial charge in [0.05, 0.1) is 5.54 Å². The largest absolute Gasteiger partial charge is 0.315 e. The van der Waals surface area contributed by atoms with Crippen LogP contribution in [0.15, 0.2) is 60.7 Å². The summed E-state index contributed by atoms with van der Waals surface area (Å²) in [6, 6.07) is 22.1. The molecule has 2 aromatic rings. The third kappa shape index (κ3) is 4.64. The summed E-state index contributed by atoms with van der Waals surface area (Å²) in [5.41, 5.74) is 2.61. The van der Waals surface area contributed by atoms with Gasteiger partial charge in [-0.2, -0.15) is 0 Å². The minimum absolute atomic E-state index is 0.138. The van der Waals surface area contributed by atoms with Crippen LogP contribution in [0.25, 0.3) is 0 Å². The highest BCUT2D eigenvalue weighted by atomic mass is 15.2. The van der Waals surface area contributed by atoms with Crippen molar-refractivity contribution in [2.24, 2.45) is 0 Å². The van der Waals surface area contributed by atoms with Gasteiger partial charge in [0.25, 0.3) is 0 Å². The predicted octanol–water partition coefficient (Wildman–Crippen LogP) is 2.52. The van der Waals surface area contributed by atoms with E-state index in [1.165, 1.54) is 37.2 Å². The lowest BCUT2D eigenvalue weighted by molar-refractivity contribution is 0.161. The second-order valence-electron chi connectivity index (χ2n) is 8.10. The van der Waals surface area contributed by atoms with Gasteiger partial charge < -0.3 is 20.4 Å². The van der Waals surface area contributed by atoms with E-state index in [-0.39, 0.29) is 5.54 Å². The SMILES string of the molecule is c1ccc(C2(c3ccccc3)CCN3CCNCCCN(CCN2)CC3)cc1. The summed E-state index contributed by atoms with van der Waals surface area (Å²) in [6.07, 6.45) is 2.32. The van der Waals surface area contributed by atoms with E-state index in [0.717, 1.165) is 45.7 Å². The van der Waals surface area contributed by atoms with Crippen molar-refractivity contribution in [2.75, 3.05) is 58.9 Å². The van der Waals surface area contributed by atoms with Gasteiger partial charge in [0.1, 0.15) is 0 Å². The molecule has 2 aromatic carbocycles. The molecule has 28 heavy (non-hydrogen) atoms. The highest BCUT2D eigenvalue weighted by molar-refractivity contribution is 5.38. The van der Waals surface area contributed by atoms with Crippen molar-refractivity contribution in [3.63, 3.8) is 0 Å². The maximum Gasteiger partial charge on any atom is 0.0703 e. The number of rotatable bonds is 2. The molecule has 0 spiro atoms. The predicted molar refractivity (Wildman–Crippen MR) is 117 cm³/mol. The number of benzene rings is 2. The van der Waals surface area contributed by atoms with Crippen molar-refractivity contribution < 1.29 is 0 Å². The third-order valence-electron chi connectivity index (χ3n) is 6.36. The average molecular weight is 379 g/mol. The molecular formula is C24H34N4. The van der Waals surface area contributed by atoms with Gasteiger partial charge in [-0.25, -0.2) is 0 Å². The topological polar surface area (TPSA) is 30.5 Å². The number of fused-ring (bicyclic) bond motifs is 3. The molecule has 4 rings (SSSR count). The summed E-state index contributed by atoms with van der Waals surface area (Å²) >= 11 is 0. The molecule has 0 aliphatic carbocycles. The van der Waals surface area contributed by atoms with E-state index < -0.39 is 0 Å². The highest BCUT2D eigenvalue weighted by Gasteiger charge is 2.34. The minimum atomic E-state index is -0.138. The van der Waals surface area contributed by atoms with Gasteiger partial charge in [-0.15, -0.1) is 0 Å². The van der Waals surface area contributed by atoms with Gasteiger partial charge in [0.2, 0.25) is 0 Å². The second-order valence-corrected chi connectivity index (χ2v) is 8.10. The lowest BCUT2D eigenvalue weighted by atomic mass is 9.79. The first-order valence-corrected chi connectivity index (χ1v) is 10.9. The summed E-state index contributed by atoms with van der Waals surface area (Å²) in [7, 11) is 0. The van der Waals surface area contributed by atoms with Crippen molar-refractivity contribution in [3.05, 3.63) is 71.8 Å². The first-order chi connectivity index (χ1) is 13.9. The van der Waals surface area contributed by atoms with Gasteiger partial charge in [0.15, 0.2) is 0 Å². The Morgan fingerprint density at radius 2 is 1.21 bits per heavy atom. The number of hydrogen-bond donors (Lipinski definition) is 2. The van der Waals surface area contributed by atoms with Crippen LogP contribution in [0.3, 0.4) is 0 Å². The van der Waals surface area contributed by atoms with Crippen molar-refractivity contribution in [3.8, 4) is 0 Å². The third-order valence-corrected chi connectivity index (χ3v) is 6.36. The molecule has 0 radical (unpaired) electrons. The summed E-state index contributed by atoms with van der Waals surface area (Å²) < 4.78 is 0. The van der Waals surface area contributed by atoms with Gasteiger partial charge >= 0.3 is 0 Å². The quantitative estimate of drug-likeness (QED) is 0.841. The lowest BCUT2D eigenvalue weighted by Gasteiger charge is -2.41. The summed E-state index contributed by atoms with van der Waals surface area (Å²) in [5, 5.41) is 7.64. The zero-order valence-corrected chi connectivity index (χ0v) is 16.9. The van der Waals surface area contributed by atoms with E-state index in [2.05, 4.69) is 81.1 Å². The molecule has 0 amide bonds. The molecule has 0 saturated carbocycles. The molecule has 0 aromatic heterocycles. The van der Waals surface area contributed by atoms with E-state index in [1.807, 2.05) is 0 Å². The molecule has 2 fully saturated rings. The van der Waals surface area contributed by atoms with Gasteiger partial charge in [0, 0.05) is 45.8 Å². The minimum Gasteiger partial charge on any atom is -0.315 e. The number of nitrogens with one attached hydrogen (secondary N) is 2. The summed E-state index contributed by atoms with van der Waals surface area (Å²) in [4.78, 5) is 5.29. The second kappa shape index (κ2) is 9.66. The highest BCUT2D eigenvalue weighted by Crippen LogP contribution is 2.33. The van der Waals surface area contributed by atoms with Crippen LogP contribution in [0.4, 0.5) is 0 Å². The molecule has 2 aliphatic heterocycles. The average Bonchev–Trinajstić information content (AvgIpc) is 2.77. The maximum absolute atomic E-state index is 4.02. The van der Waals surface area contributed by atoms with Crippen molar-refractivity contribution in [1.82, 2.24) is 20.4 Å². The van der Waals surface area contributed by atoms with Gasteiger partial charge in [-0.3, -0.25) is 0 Å². The van der Waals surface area contributed by atoms with E-state index >= 15 is 0 Å². The number of nitrogens with zero attached hydrogens (tertiary/aromatic N) is 2.